The van der Waals surface area contributed by atoms with Crippen LogP contribution in [-0.2, 0) is 17.8 Å². The van der Waals surface area contributed by atoms with Crippen LogP contribution in [0.1, 0.15) is 0 Å². The summed E-state index contributed by atoms with van der Waals surface area (Å²) >= 11 is -0.0988. The Balaban J connectivity index is 2.99. The van der Waals surface area contributed by atoms with Gasteiger partial charge in [0, 0.05) is 0 Å². The van der Waals surface area contributed by atoms with Gasteiger partial charge in [-0.25, -0.2) is 0 Å². The van der Waals surface area contributed by atoms with E-state index in [2.05, 4.69) is 4.98 Å². The molecule has 1 aromatic heterocycles. The van der Waals surface area contributed by atoms with Crippen molar-refractivity contribution in [2.75, 3.05) is 0 Å². The molecule has 3 heteroatoms. The van der Waals surface area contributed by atoms with Gasteiger partial charge in [0.15, 0.2) is 0 Å². The summed E-state index contributed by atoms with van der Waals surface area (Å²) in [5.41, 5.74) is 0. The van der Waals surface area contributed by atoms with Crippen molar-refractivity contribution in [3.63, 3.8) is 0 Å². The van der Waals surface area contributed by atoms with Gasteiger partial charge in [0.05, 0.1) is 0 Å². The Bertz CT molecular complexity index is 173. The summed E-state index contributed by atoms with van der Waals surface area (Å²) < 4.78 is 7.81. The Kier molecular flexibility index (Phi) is 2.02. The molecule has 0 fully saturated rings. The zero-order valence-corrected chi connectivity index (χ0v) is 5.63. The van der Waals surface area contributed by atoms with Gasteiger partial charge in [0.25, 0.3) is 0 Å². The van der Waals surface area contributed by atoms with Gasteiger partial charge in [-0.15, -0.1) is 0 Å². The van der Waals surface area contributed by atoms with E-state index < -0.39 is 0 Å². The maximum atomic E-state index is 6.93. The summed E-state index contributed by atoms with van der Waals surface area (Å²) in [7, 11) is 0. The normalized spacial score (nSPS) is 9.50. The molecule has 2 nitrogen and oxygen atoms in total. The van der Waals surface area contributed by atoms with Crippen LogP contribution < -0.4 is 4.17 Å². The molecule has 0 bridgehead atoms. The van der Waals surface area contributed by atoms with Crippen LogP contribution in [0.25, 0.3) is 0 Å². The summed E-state index contributed by atoms with van der Waals surface area (Å²) in [5.74, 6) is 0. The first-order valence-electron chi connectivity index (χ1n) is 2.09. The fourth-order valence-electron chi connectivity index (χ4n) is 0.378. The number of pyridine rings is 1. The first kappa shape index (κ1) is 5.74. The van der Waals surface area contributed by atoms with Crippen LogP contribution in [0.5, 0.6) is 0 Å². The van der Waals surface area contributed by atoms with Crippen molar-refractivity contribution in [2.45, 2.75) is 0 Å². The van der Waals surface area contributed by atoms with Crippen LogP contribution in [-0.4, -0.2) is 4.98 Å². The topological polar surface area (TPSA) is 36.7 Å². The van der Waals surface area contributed by atoms with Crippen LogP contribution in [0.3, 0.4) is 0 Å². The molecule has 0 spiro atoms. The minimum absolute atomic E-state index is 0.0988. The maximum absolute atomic E-state index is 6.93. The van der Waals surface area contributed by atoms with E-state index in [1.807, 2.05) is 18.2 Å². The predicted octanol–water partition coefficient (Wildman–Crippen LogP) is 0.552. The van der Waals surface area contributed by atoms with E-state index in [1.165, 1.54) is 0 Å². The number of nitrogens with one attached hydrogen (secondary N) is 1. The van der Waals surface area contributed by atoms with E-state index in [-0.39, 0.29) is 17.8 Å². The van der Waals surface area contributed by atoms with Crippen molar-refractivity contribution < 1.29 is 17.8 Å². The van der Waals surface area contributed by atoms with Crippen LogP contribution in [0.15, 0.2) is 24.4 Å². The van der Waals surface area contributed by atoms with Gasteiger partial charge >= 0.3 is 55.3 Å². The van der Waals surface area contributed by atoms with Crippen molar-refractivity contribution in [3.8, 4) is 0 Å². The third-order valence-corrected chi connectivity index (χ3v) is 1.55. The zero-order chi connectivity index (χ0) is 5.82. The van der Waals surface area contributed by atoms with E-state index >= 15 is 0 Å². The summed E-state index contributed by atoms with van der Waals surface area (Å²) in [6, 6.07) is 5.62. The Labute approximate surface area is 55.7 Å². The Hall–Kier alpha value is -0.388. The van der Waals surface area contributed by atoms with Crippen LogP contribution in [0.4, 0.5) is 0 Å². The first-order valence-corrected chi connectivity index (χ1v) is 3.64. The molecule has 0 aromatic carbocycles. The quantitative estimate of drug-likeness (QED) is 0.659. The van der Waals surface area contributed by atoms with E-state index in [1.54, 1.807) is 6.20 Å². The summed E-state index contributed by atoms with van der Waals surface area (Å²) in [4.78, 5) is 3.93. The van der Waals surface area contributed by atoms with E-state index in [0.717, 1.165) is 4.17 Å². The molecule has 45 valence electrons. The van der Waals surface area contributed by atoms with Gasteiger partial charge < -0.3 is 0 Å². The van der Waals surface area contributed by atoms with Crippen molar-refractivity contribution in [3.05, 3.63) is 24.4 Å². The predicted molar refractivity (Wildman–Crippen MR) is 26.6 cm³/mol. The molecule has 1 aromatic rings. The number of hydrogen-bond donors (Lipinski definition) is 1. The number of aromatic nitrogens is 1. The molecular weight excluding hydrogens is 194 g/mol. The van der Waals surface area contributed by atoms with Gasteiger partial charge in [-0.2, -0.15) is 0 Å². The van der Waals surface area contributed by atoms with Crippen molar-refractivity contribution in [1.29, 1.82) is 3.99 Å². The van der Waals surface area contributed by atoms with Gasteiger partial charge in [-0.05, 0) is 0 Å². The molecule has 0 saturated carbocycles. The first-order chi connectivity index (χ1) is 3.93. The SMILES string of the molecule is [NH]=[Pd][c]1ccccn1. The molecular formula is C5H5N2Pd. The average Bonchev–Trinajstić information content (AvgIpc) is 1.90. The molecule has 1 N–H and O–H groups in total. The number of hydrogen-bond acceptors (Lipinski definition) is 2. The second kappa shape index (κ2) is 2.81. The van der Waals surface area contributed by atoms with Gasteiger partial charge in [0.1, 0.15) is 0 Å². The molecule has 1 rings (SSSR count). The Morgan fingerprint density at radius 1 is 1.50 bits per heavy atom. The standard InChI is InChI=1S/C5H4N.HN.Pd/c1-2-4-6-5-3-1;;/h1-4H;1H;. The Morgan fingerprint density at radius 3 is 2.75 bits per heavy atom. The Morgan fingerprint density at radius 2 is 2.38 bits per heavy atom. The molecule has 0 aliphatic heterocycles. The molecule has 8 heavy (non-hydrogen) atoms. The molecule has 0 aliphatic carbocycles. The second-order valence-electron chi connectivity index (χ2n) is 1.20. The summed E-state index contributed by atoms with van der Waals surface area (Å²) in [6.07, 6.45) is 1.71. The third kappa shape index (κ3) is 1.29. The van der Waals surface area contributed by atoms with Crippen LogP contribution in [0, 0.1) is 3.99 Å². The summed E-state index contributed by atoms with van der Waals surface area (Å²) in [5, 5.41) is 0. The molecule has 1 heterocycles. The van der Waals surface area contributed by atoms with E-state index in [9.17, 15) is 0 Å². The molecule has 0 saturated heterocycles. The number of nitrogens with zero attached hydrogens (tertiary/aromatic N) is 1. The zero-order valence-electron chi connectivity index (χ0n) is 4.07. The fourth-order valence-corrected chi connectivity index (χ4v) is 0.874. The van der Waals surface area contributed by atoms with Crippen molar-refractivity contribution >= 4 is 4.17 Å². The second-order valence-corrected chi connectivity index (χ2v) is 2.38. The van der Waals surface area contributed by atoms with Crippen LogP contribution in [0.2, 0.25) is 0 Å². The molecule has 0 unspecified atom stereocenters. The van der Waals surface area contributed by atoms with Crippen molar-refractivity contribution in [2.24, 2.45) is 0 Å². The molecule has 0 atom stereocenters. The summed E-state index contributed by atoms with van der Waals surface area (Å²) in [6.45, 7) is 0. The van der Waals surface area contributed by atoms with Gasteiger partial charge in [0.2, 0.25) is 0 Å². The number of rotatable bonds is 1. The van der Waals surface area contributed by atoms with Gasteiger partial charge in [-0.3, -0.25) is 0 Å². The minimum atomic E-state index is -0.0988. The average molecular weight is 200 g/mol. The molecule has 0 radical (unpaired) electrons. The van der Waals surface area contributed by atoms with Gasteiger partial charge in [-0.1, -0.05) is 0 Å². The molecule has 0 aliphatic rings. The monoisotopic (exact) mass is 199 g/mol. The van der Waals surface area contributed by atoms with E-state index in [4.69, 9.17) is 3.99 Å². The van der Waals surface area contributed by atoms with Crippen molar-refractivity contribution in [1.82, 2.24) is 4.98 Å². The van der Waals surface area contributed by atoms with Crippen LogP contribution >= 0.6 is 0 Å². The fraction of sp³-hybridized carbons (Fsp3) is 0. The van der Waals surface area contributed by atoms with E-state index in [0.29, 0.717) is 0 Å². The molecule has 0 amide bonds. The third-order valence-electron chi connectivity index (χ3n) is 0.692.